The van der Waals surface area contributed by atoms with E-state index < -0.39 is 35.6 Å². The molecule has 4 rings (SSSR count). The van der Waals surface area contributed by atoms with Gasteiger partial charge in [0.2, 0.25) is 0 Å². The van der Waals surface area contributed by atoms with Crippen LogP contribution in [0.4, 0.5) is 26.3 Å². The van der Waals surface area contributed by atoms with Gasteiger partial charge in [0, 0.05) is 18.3 Å². The van der Waals surface area contributed by atoms with E-state index >= 15 is 0 Å². The fourth-order valence-corrected chi connectivity index (χ4v) is 6.44. The number of halogens is 6. The second-order valence-electron chi connectivity index (χ2n) is 11.2. The largest absolute Gasteiger partial charge is 0.438 e. The molecule has 0 aromatic heterocycles. The lowest BCUT2D eigenvalue weighted by Crippen LogP contribution is -2.55. The summed E-state index contributed by atoms with van der Waals surface area (Å²) in [4.78, 5) is 0. The van der Waals surface area contributed by atoms with Gasteiger partial charge < -0.3 is 15.3 Å². The molecule has 3 fully saturated rings. The fraction of sp³-hybridized carbons (Fsp3) is 0.643. The van der Waals surface area contributed by atoms with Gasteiger partial charge in [0.25, 0.3) is 0 Å². The first kappa shape index (κ1) is 28.0. The molecule has 0 heterocycles. The summed E-state index contributed by atoms with van der Waals surface area (Å²) >= 11 is 0. The number of hydrogen-bond donors (Lipinski definition) is 3. The average molecular weight is 531 g/mol. The molecular formula is C28H32F6O3. The van der Waals surface area contributed by atoms with Crippen LogP contribution in [0.15, 0.2) is 47.1 Å². The zero-order chi connectivity index (χ0) is 27.4. The Labute approximate surface area is 212 Å². The number of hydrogen-bond acceptors (Lipinski definition) is 3. The lowest BCUT2D eigenvalue weighted by Gasteiger charge is -2.43. The SMILES string of the molecule is C=C1/C(=C\C=C2/CCC[C@]3(C)C(C4(CC#CC(O)(C(F)(F)F)C(F)(F)F)CC4)=CCC23)CC(O)C[C@@H]1O. The van der Waals surface area contributed by atoms with Gasteiger partial charge in [-0.2, -0.15) is 26.3 Å². The zero-order valence-corrected chi connectivity index (χ0v) is 20.6. The average Bonchev–Trinajstić information content (AvgIpc) is 3.46. The van der Waals surface area contributed by atoms with Crippen LogP contribution in [0.5, 0.6) is 0 Å². The Bertz CT molecular complexity index is 1080. The normalized spacial score (nSPS) is 34.2. The second-order valence-corrected chi connectivity index (χ2v) is 11.2. The van der Waals surface area contributed by atoms with Crippen molar-refractivity contribution in [2.45, 2.75) is 94.9 Å². The smallest absolute Gasteiger partial charge is 0.393 e. The monoisotopic (exact) mass is 530 g/mol. The molecule has 9 heteroatoms. The van der Waals surface area contributed by atoms with E-state index in [0.29, 0.717) is 24.8 Å². The third kappa shape index (κ3) is 4.93. The van der Waals surface area contributed by atoms with Crippen molar-refractivity contribution >= 4 is 0 Å². The van der Waals surface area contributed by atoms with Gasteiger partial charge in [0.1, 0.15) is 0 Å². The molecule has 4 aliphatic carbocycles. The van der Waals surface area contributed by atoms with E-state index in [2.05, 4.69) is 25.5 Å². The summed E-state index contributed by atoms with van der Waals surface area (Å²) in [7, 11) is 0. The van der Waals surface area contributed by atoms with Crippen molar-refractivity contribution in [3.05, 3.63) is 47.1 Å². The summed E-state index contributed by atoms with van der Waals surface area (Å²) < 4.78 is 78.0. The number of allylic oxidation sites excluding steroid dienone is 5. The maximum Gasteiger partial charge on any atom is 0.438 e. The lowest BCUT2D eigenvalue weighted by atomic mass is 9.61. The van der Waals surface area contributed by atoms with Gasteiger partial charge in [-0.15, -0.1) is 0 Å². The number of aliphatic hydroxyl groups is 3. The van der Waals surface area contributed by atoms with E-state index in [1.165, 1.54) is 5.57 Å². The maximum atomic E-state index is 13.0. The molecule has 0 saturated heterocycles. The van der Waals surface area contributed by atoms with Crippen LogP contribution in [-0.4, -0.2) is 45.5 Å². The molecular weight excluding hydrogens is 498 g/mol. The van der Waals surface area contributed by atoms with Gasteiger partial charge in [0.15, 0.2) is 0 Å². The highest BCUT2D eigenvalue weighted by molar-refractivity contribution is 5.43. The molecule has 37 heavy (non-hydrogen) atoms. The summed E-state index contributed by atoms with van der Waals surface area (Å²) in [5, 5.41) is 29.5. The Kier molecular flexibility index (Phi) is 7.05. The third-order valence-electron chi connectivity index (χ3n) is 8.76. The van der Waals surface area contributed by atoms with Crippen LogP contribution < -0.4 is 0 Å². The summed E-state index contributed by atoms with van der Waals surface area (Å²) in [6, 6.07) is 0. The van der Waals surface area contributed by atoms with Crippen molar-refractivity contribution in [1.29, 1.82) is 0 Å². The molecule has 0 radical (unpaired) electrons. The van der Waals surface area contributed by atoms with Crippen molar-refractivity contribution in [3.63, 3.8) is 0 Å². The number of rotatable bonds is 3. The molecule has 0 aliphatic heterocycles. The summed E-state index contributed by atoms with van der Waals surface area (Å²) in [6.45, 7) is 6.05. The first-order valence-corrected chi connectivity index (χ1v) is 12.6. The molecule has 0 spiro atoms. The minimum atomic E-state index is -5.95. The van der Waals surface area contributed by atoms with Crippen molar-refractivity contribution < 1.29 is 41.7 Å². The Balaban J connectivity index is 1.55. The molecule has 3 N–H and O–H groups in total. The molecule has 0 amide bonds. The van der Waals surface area contributed by atoms with E-state index in [4.69, 9.17) is 0 Å². The van der Waals surface area contributed by atoms with Crippen LogP contribution >= 0.6 is 0 Å². The number of alkyl halides is 6. The predicted molar refractivity (Wildman–Crippen MR) is 126 cm³/mol. The Morgan fingerprint density at radius 3 is 2.32 bits per heavy atom. The topological polar surface area (TPSA) is 60.7 Å². The van der Waals surface area contributed by atoms with Gasteiger partial charge in [-0.25, -0.2) is 0 Å². The Morgan fingerprint density at radius 2 is 1.73 bits per heavy atom. The van der Waals surface area contributed by atoms with E-state index in [0.717, 1.165) is 42.7 Å². The standard InChI is InChI=1S/C28H32F6O3/c1-17-19(15-20(35)16-22(17)36)7-6-18-5-3-10-24(2)21(18)8-9-23(24)25(13-14-25)11-4-12-26(37,27(29,30)31)28(32,33)34/h6-7,9,20-22,35-37H,1,3,5,8,10-11,13-16H2,2H3/b18-6+,19-7-/t20?,21?,22-,24-/m0/s1. The maximum absolute atomic E-state index is 13.0. The van der Waals surface area contributed by atoms with Crippen LogP contribution in [0.25, 0.3) is 0 Å². The lowest BCUT2D eigenvalue weighted by molar-refractivity contribution is -0.343. The van der Waals surface area contributed by atoms with E-state index in [-0.39, 0.29) is 24.2 Å². The van der Waals surface area contributed by atoms with E-state index in [9.17, 15) is 41.7 Å². The van der Waals surface area contributed by atoms with Crippen LogP contribution in [0.3, 0.4) is 0 Å². The van der Waals surface area contributed by atoms with E-state index in [1.54, 1.807) is 0 Å². The van der Waals surface area contributed by atoms with Crippen molar-refractivity contribution in [2.75, 3.05) is 0 Å². The summed E-state index contributed by atoms with van der Waals surface area (Å²) in [5.41, 5.74) is -2.26. The molecule has 2 unspecified atom stereocenters. The molecule has 4 aliphatic rings. The van der Waals surface area contributed by atoms with Crippen molar-refractivity contribution in [3.8, 4) is 11.8 Å². The van der Waals surface area contributed by atoms with Crippen LogP contribution in [0.2, 0.25) is 0 Å². The van der Waals surface area contributed by atoms with Crippen molar-refractivity contribution in [1.82, 2.24) is 0 Å². The van der Waals surface area contributed by atoms with Gasteiger partial charge in [0.05, 0.1) is 12.2 Å². The zero-order valence-electron chi connectivity index (χ0n) is 20.6. The molecule has 0 bridgehead atoms. The second kappa shape index (κ2) is 9.32. The van der Waals surface area contributed by atoms with Gasteiger partial charge in [-0.1, -0.05) is 48.8 Å². The highest BCUT2D eigenvalue weighted by atomic mass is 19.4. The molecule has 3 nitrogen and oxygen atoms in total. The molecule has 204 valence electrons. The fourth-order valence-electron chi connectivity index (χ4n) is 6.44. The van der Waals surface area contributed by atoms with Crippen LogP contribution in [0.1, 0.15) is 64.7 Å². The number of fused-ring (bicyclic) bond motifs is 1. The summed E-state index contributed by atoms with van der Waals surface area (Å²) in [5.74, 6) is 3.32. The summed E-state index contributed by atoms with van der Waals surface area (Å²) in [6.07, 6.45) is -2.24. The highest BCUT2D eigenvalue weighted by Gasteiger charge is 2.70. The third-order valence-corrected chi connectivity index (χ3v) is 8.76. The van der Waals surface area contributed by atoms with Crippen LogP contribution in [-0.2, 0) is 0 Å². The van der Waals surface area contributed by atoms with Crippen molar-refractivity contribution in [2.24, 2.45) is 16.7 Å². The molecule has 0 aromatic carbocycles. The number of aliphatic hydroxyl groups excluding tert-OH is 2. The predicted octanol–water partition coefficient (Wildman–Crippen LogP) is 6.08. The Morgan fingerprint density at radius 1 is 1.08 bits per heavy atom. The minimum absolute atomic E-state index is 0.146. The molecule has 4 atom stereocenters. The molecule has 3 saturated carbocycles. The van der Waals surface area contributed by atoms with E-state index in [1.807, 2.05) is 12.2 Å². The first-order valence-electron chi connectivity index (χ1n) is 12.6. The molecule has 0 aromatic rings. The quantitative estimate of drug-likeness (QED) is 0.236. The van der Waals surface area contributed by atoms with Gasteiger partial charge >= 0.3 is 18.0 Å². The highest BCUT2D eigenvalue weighted by Crippen LogP contribution is 2.67. The minimum Gasteiger partial charge on any atom is -0.393 e. The first-order chi connectivity index (χ1) is 17.0. The van der Waals surface area contributed by atoms with Gasteiger partial charge in [-0.3, -0.25) is 0 Å². The van der Waals surface area contributed by atoms with Crippen LogP contribution in [0, 0.1) is 28.6 Å². The Hall–Kier alpha value is -2.02. The van der Waals surface area contributed by atoms with Gasteiger partial charge in [-0.05, 0) is 73.3 Å².